The van der Waals surface area contributed by atoms with E-state index in [9.17, 15) is 0 Å². The summed E-state index contributed by atoms with van der Waals surface area (Å²) in [6, 6.07) is 2.38. The molecule has 0 N–H and O–H groups in total. The van der Waals surface area contributed by atoms with E-state index < -0.39 is 0 Å². The average Bonchev–Trinajstić information content (AvgIpc) is 2.35. The van der Waals surface area contributed by atoms with E-state index in [0.717, 1.165) is 12.3 Å². The van der Waals surface area contributed by atoms with Gasteiger partial charge in [-0.25, -0.2) is 0 Å². The van der Waals surface area contributed by atoms with Gasteiger partial charge in [0.2, 0.25) is 0 Å². The fourth-order valence-corrected chi connectivity index (χ4v) is 2.58. The summed E-state index contributed by atoms with van der Waals surface area (Å²) in [5.41, 5.74) is -0.130. The molecule has 0 aromatic heterocycles. The number of piperidine rings is 1. The van der Waals surface area contributed by atoms with Crippen LogP contribution in [0.5, 0.6) is 0 Å². The summed E-state index contributed by atoms with van der Waals surface area (Å²) in [5.74, 6) is 0.976. The molecule has 0 saturated carbocycles. The monoisotopic (exact) mass is 236 g/mol. The quantitative estimate of drug-likeness (QED) is 0.655. The van der Waals surface area contributed by atoms with Crippen molar-refractivity contribution in [2.45, 2.75) is 59.3 Å². The Morgan fingerprint density at radius 1 is 1.24 bits per heavy atom. The molecule has 0 aromatic rings. The number of hydrogen-bond acceptors (Lipinski definition) is 2. The van der Waals surface area contributed by atoms with Crippen molar-refractivity contribution in [2.24, 2.45) is 11.3 Å². The van der Waals surface area contributed by atoms with Crippen LogP contribution in [0.1, 0.15) is 59.3 Å². The number of nitriles is 1. The Bertz CT molecular complexity index is 244. The molecule has 0 atom stereocenters. The molecule has 1 aliphatic heterocycles. The summed E-state index contributed by atoms with van der Waals surface area (Å²) >= 11 is 0. The molecular formula is C15H28N2. The predicted molar refractivity (Wildman–Crippen MR) is 72.7 cm³/mol. The molecule has 1 heterocycles. The van der Waals surface area contributed by atoms with Gasteiger partial charge in [0.25, 0.3) is 0 Å². The van der Waals surface area contributed by atoms with E-state index in [4.69, 9.17) is 5.26 Å². The summed E-state index contributed by atoms with van der Waals surface area (Å²) in [7, 11) is 0. The van der Waals surface area contributed by atoms with Crippen molar-refractivity contribution in [1.29, 1.82) is 5.26 Å². The second kappa shape index (κ2) is 7.01. The van der Waals surface area contributed by atoms with Crippen LogP contribution in [-0.2, 0) is 0 Å². The molecule has 0 bridgehead atoms. The highest BCUT2D eigenvalue weighted by atomic mass is 15.1. The molecule has 0 aromatic carbocycles. The predicted octanol–water partition coefficient (Wildman–Crippen LogP) is 3.83. The van der Waals surface area contributed by atoms with Gasteiger partial charge in [0, 0.05) is 0 Å². The lowest BCUT2D eigenvalue weighted by Gasteiger charge is -2.31. The molecule has 1 fully saturated rings. The number of likely N-dealkylation sites (tertiary alicyclic amines) is 1. The van der Waals surface area contributed by atoms with E-state index in [-0.39, 0.29) is 5.41 Å². The Labute approximate surface area is 107 Å². The molecular weight excluding hydrogens is 208 g/mol. The molecule has 1 saturated heterocycles. The van der Waals surface area contributed by atoms with E-state index >= 15 is 0 Å². The highest BCUT2D eigenvalue weighted by molar-refractivity contribution is 4.91. The van der Waals surface area contributed by atoms with E-state index in [1.807, 2.05) is 13.8 Å². The van der Waals surface area contributed by atoms with Crippen LogP contribution in [0.4, 0.5) is 0 Å². The minimum Gasteiger partial charge on any atom is -0.303 e. The number of unbranched alkanes of at least 4 members (excludes halogenated alkanes) is 1. The lowest BCUT2D eigenvalue weighted by atomic mass is 9.89. The Morgan fingerprint density at radius 2 is 1.88 bits per heavy atom. The summed E-state index contributed by atoms with van der Waals surface area (Å²) in [6.07, 6.45) is 7.61. The lowest BCUT2D eigenvalue weighted by Crippen LogP contribution is -2.34. The zero-order valence-electron chi connectivity index (χ0n) is 11.8. The van der Waals surface area contributed by atoms with Crippen molar-refractivity contribution in [3.8, 4) is 6.07 Å². The summed E-state index contributed by atoms with van der Waals surface area (Å²) < 4.78 is 0. The van der Waals surface area contributed by atoms with Gasteiger partial charge in [0.05, 0.1) is 11.5 Å². The smallest absolute Gasteiger partial charge is 0.0683 e. The average molecular weight is 236 g/mol. The van der Waals surface area contributed by atoms with Gasteiger partial charge in [-0.15, -0.1) is 0 Å². The van der Waals surface area contributed by atoms with E-state index in [1.54, 1.807) is 0 Å². The Morgan fingerprint density at radius 3 is 2.41 bits per heavy atom. The second-order valence-corrected chi connectivity index (χ2v) is 6.15. The molecule has 2 nitrogen and oxygen atoms in total. The van der Waals surface area contributed by atoms with Crippen molar-refractivity contribution in [1.82, 2.24) is 4.90 Å². The number of nitrogens with zero attached hydrogens (tertiary/aromatic N) is 2. The maximum absolute atomic E-state index is 8.94. The summed E-state index contributed by atoms with van der Waals surface area (Å²) in [6.45, 7) is 10.2. The maximum Gasteiger partial charge on any atom is 0.0683 e. The van der Waals surface area contributed by atoms with Crippen LogP contribution in [0.2, 0.25) is 0 Å². The molecule has 0 aliphatic carbocycles. The topological polar surface area (TPSA) is 27.0 Å². The molecule has 0 radical (unpaired) electrons. The summed E-state index contributed by atoms with van der Waals surface area (Å²) in [4.78, 5) is 2.60. The fraction of sp³-hybridized carbons (Fsp3) is 0.933. The van der Waals surface area contributed by atoms with Gasteiger partial charge in [-0.2, -0.15) is 5.26 Å². The van der Waals surface area contributed by atoms with E-state index in [1.165, 1.54) is 51.7 Å². The first-order chi connectivity index (χ1) is 8.07. The molecule has 0 amide bonds. The Hall–Kier alpha value is -0.550. The van der Waals surface area contributed by atoms with Crippen LogP contribution in [-0.4, -0.2) is 24.5 Å². The van der Waals surface area contributed by atoms with Crippen molar-refractivity contribution >= 4 is 0 Å². The van der Waals surface area contributed by atoms with Gasteiger partial charge >= 0.3 is 0 Å². The number of hydrogen-bond donors (Lipinski definition) is 0. The van der Waals surface area contributed by atoms with Crippen LogP contribution in [0.3, 0.4) is 0 Å². The zero-order chi connectivity index (χ0) is 12.7. The third kappa shape index (κ3) is 5.55. The SMILES string of the molecule is CCC1CCN(CCCCC(C)(C)C#N)CC1. The minimum atomic E-state index is -0.130. The van der Waals surface area contributed by atoms with Crippen LogP contribution in [0, 0.1) is 22.7 Å². The number of rotatable bonds is 6. The molecule has 0 unspecified atom stereocenters. The first-order valence-corrected chi connectivity index (χ1v) is 7.21. The third-order valence-electron chi connectivity index (χ3n) is 4.11. The van der Waals surface area contributed by atoms with Crippen molar-refractivity contribution < 1.29 is 0 Å². The van der Waals surface area contributed by atoms with E-state index in [0.29, 0.717) is 0 Å². The van der Waals surface area contributed by atoms with E-state index in [2.05, 4.69) is 17.9 Å². The molecule has 1 rings (SSSR count). The lowest BCUT2D eigenvalue weighted by molar-refractivity contribution is 0.177. The van der Waals surface area contributed by atoms with Crippen LogP contribution in [0.15, 0.2) is 0 Å². The summed E-state index contributed by atoms with van der Waals surface area (Å²) in [5, 5.41) is 8.94. The van der Waals surface area contributed by atoms with Crippen molar-refractivity contribution in [3.63, 3.8) is 0 Å². The van der Waals surface area contributed by atoms with Crippen molar-refractivity contribution in [3.05, 3.63) is 0 Å². The largest absolute Gasteiger partial charge is 0.303 e. The normalized spacial score (nSPS) is 19.2. The Kier molecular flexibility index (Phi) is 5.98. The van der Waals surface area contributed by atoms with Gasteiger partial charge in [-0.1, -0.05) is 19.8 Å². The van der Waals surface area contributed by atoms with Crippen LogP contribution < -0.4 is 0 Å². The molecule has 98 valence electrons. The van der Waals surface area contributed by atoms with Gasteiger partial charge in [-0.05, 0) is 65.1 Å². The third-order valence-corrected chi connectivity index (χ3v) is 4.11. The highest BCUT2D eigenvalue weighted by Crippen LogP contribution is 2.23. The van der Waals surface area contributed by atoms with Gasteiger partial charge in [0.15, 0.2) is 0 Å². The standard InChI is InChI=1S/C15H28N2/c1-4-14-7-11-17(12-8-14)10-6-5-9-15(2,3)13-16/h14H,4-12H2,1-3H3. The first kappa shape index (κ1) is 14.5. The van der Waals surface area contributed by atoms with Crippen LogP contribution >= 0.6 is 0 Å². The van der Waals surface area contributed by atoms with Gasteiger partial charge in [0.1, 0.15) is 0 Å². The highest BCUT2D eigenvalue weighted by Gasteiger charge is 2.18. The first-order valence-electron chi connectivity index (χ1n) is 7.21. The fourth-order valence-electron chi connectivity index (χ4n) is 2.58. The van der Waals surface area contributed by atoms with Gasteiger partial charge in [-0.3, -0.25) is 0 Å². The van der Waals surface area contributed by atoms with Crippen molar-refractivity contribution in [2.75, 3.05) is 19.6 Å². The molecule has 2 heteroatoms. The molecule has 1 aliphatic rings. The minimum absolute atomic E-state index is 0.130. The molecule has 17 heavy (non-hydrogen) atoms. The van der Waals surface area contributed by atoms with Gasteiger partial charge < -0.3 is 4.90 Å². The zero-order valence-corrected chi connectivity index (χ0v) is 11.8. The second-order valence-electron chi connectivity index (χ2n) is 6.15. The molecule has 0 spiro atoms. The Balaban J connectivity index is 2.07. The maximum atomic E-state index is 8.94. The van der Waals surface area contributed by atoms with Crippen LogP contribution in [0.25, 0.3) is 0 Å².